The summed E-state index contributed by atoms with van der Waals surface area (Å²) < 4.78 is 5.32. The summed E-state index contributed by atoms with van der Waals surface area (Å²) in [6.45, 7) is 4.62. The number of pyridine rings is 1. The van der Waals surface area contributed by atoms with Gasteiger partial charge in [-0.2, -0.15) is 0 Å². The Balaban J connectivity index is 1.74. The lowest BCUT2D eigenvalue weighted by atomic mass is 9.98. The van der Waals surface area contributed by atoms with Crippen LogP contribution in [0.5, 0.6) is 0 Å². The zero-order chi connectivity index (χ0) is 19.4. The van der Waals surface area contributed by atoms with E-state index in [0.29, 0.717) is 29.4 Å². The molecule has 1 saturated heterocycles. The van der Waals surface area contributed by atoms with Gasteiger partial charge in [0, 0.05) is 23.3 Å². The number of carbonyl (C=O) groups excluding carboxylic acids is 2. The van der Waals surface area contributed by atoms with E-state index in [-0.39, 0.29) is 24.2 Å². The molecule has 0 unspecified atom stereocenters. The average molecular weight is 388 g/mol. The van der Waals surface area contributed by atoms with Gasteiger partial charge in [0.25, 0.3) is 5.91 Å². The van der Waals surface area contributed by atoms with Crippen LogP contribution in [-0.4, -0.2) is 35.9 Å². The fourth-order valence-corrected chi connectivity index (χ4v) is 3.12. The number of Topliss-reactive ketones (excluding diaryl/α,β-unsaturated/α-hetero) is 1. The maximum atomic E-state index is 12.6. The predicted molar refractivity (Wildman–Crippen MR) is 105 cm³/mol. The van der Waals surface area contributed by atoms with Gasteiger partial charge in [0.2, 0.25) is 0 Å². The van der Waals surface area contributed by atoms with Gasteiger partial charge in [0.15, 0.2) is 5.78 Å². The van der Waals surface area contributed by atoms with Crippen LogP contribution >= 0.6 is 11.6 Å². The van der Waals surface area contributed by atoms with Crippen molar-refractivity contribution in [2.45, 2.75) is 32.3 Å². The summed E-state index contributed by atoms with van der Waals surface area (Å²) in [5, 5.41) is 6.61. The molecular weight excluding hydrogens is 366 g/mol. The van der Waals surface area contributed by atoms with Gasteiger partial charge in [-0.15, -0.1) is 0 Å². The number of anilines is 2. The summed E-state index contributed by atoms with van der Waals surface area (Å²) in [6, 6.07) is 9.20. The number of ether oxygens (including phenoxy) is 1. The van der Waals surface area contributed by atoms with Gasteiger partial charge in [-0.25, -0.2) is 4.98 Å². The van der Waals surface area contributed by atoms with Crippen molar-refractivity contribution in [3.63, 3.8) is 0 Å². The highest BCUT2D eigenvalue weighted by Gasteiger charge is 2.26. The second-order valence-corrected chi connectivity index (χ2v) is 7.17. The molecule has 6 nitrogen and oxygen atoms in total. The number of hydrogen-bond donors (Lipinski definition) is 2. The Morgan fingerprint density at radius 2 is 2.19 bits per heavy atom. The summed E-state index contributed by atoms with van der Waals surface area (Å²) >= 11 is 6.01. The van der Waals surface area contributed by atoms with Crippen molar-refractivity contribution < 1.29 is 14.3 Å². The zero-order valence-corrected chi connectivity index (χ0v) is 16.0. The van der Waals surface area contributed by atoms with E-state index in [9.17, 15) is 9.59 Å². The van der Waals surface area contributed by atoms with Gasteiger partial charge >= 0.3 is 0 Å². The second-order valence-electron chi connectivity index (χ2n) is 6.73. The quantitative estimate of drug-likeness (QED) is 0.790. The van der Waals surface area contributed by atoms with Crippen molar-refractivity contribution in [1.29, 1.82) is 0 Å². The Morgan fingerprint density at radius 1 is 1.37 bits per heavy atom. The van der Waals surface area contributed by atoms with Gasteiger partial charge < -0.3 is 15.4 Å². The molecule has 1 aromatic carbocycles. The zero-order valence-electron chi connectivity index (χ0n) is 15.3. The lowest BCUT2D eigenvalue weighted by Crippen LogP contribution is -2.35. The highest BCUT2D eigenvalue weighted by atomic mass is 35.5. The van der Waals surface area contributed by atoms with Crippen LogP contribution in [0.4, 0.5) is 11.5 Å². The number of aromatic nitrogens is 1. The van der Waals surface area contributed by atoms with Crippen LogP contribution in [0.3, 0.4) is 0 Å². The molecule has 1 atom stereocenters. The van der Waals surface area contributed by atoms with Crippen molar-refractivity contribution in [3.8, 4) is 0 Å². The fraction of sp³-hybridized carbons (Fsp3) is 0.350. The molecule has 1 aliphatic rings. The fourth-order valence-electron chi connectivity index (χ4n) is 2.93. The maximum Gasteiger partial charge on any atom is 0.253 e. The van der Waals surface area contributed by atoms with Gasteiger partial charge in [-0.05, 0) is 35.7 Å². The molecule has 0 radical (unpaired) electrons. The Kier molecular flexibility index (Phi) is 6.08. The first-order valence-corrected chi connectivity index (χ1v) is 9.27. The van der Waals surface area contributed by atoms with Crippen LogP contribution in [-0.2, 0) is 9.53 Å². The highest BCUT2D eigenvalue weighted by molar-refractivity contribution is 6.30. The van der Waals surface area contributed by atoms with E-state index in [1.807, 2.05) is 32.0 Å². The molecule has 0 bridgehead atoms. The smallest absolute Gasteiger partial charge is 0.253 e. The molecule has 2 heterocycles. The van der Waals surface area contributed by atoms with Crippen LogP contribution in [0.25, 0.3) is 0 Å². The average Bonchev–Trinajstić information content (AvgIpc) is 3.04. The summed E-state index contributed by atoms with van der Waals surface area (Å²) in [4.78, 5) is 28.6. The molecular formula is C20H22ClN3O3. The van der Waals surface area contributed by atoms with Crippen molar-refractivity contribution in [3.05, 3.63) is 52.7 Å². The van der Waals surface area contributed by atoms with Gasteiger partial charge in [0.05, 0.1) is 18.7 Å². The van der Waals surface area contributed by atoms with Gasteiger partial charge in [-0.3, -0.25) is 9.59 Å². The monoisotopic (exact) mass is 387 g/mol. The van der Waals surface area contributed by atoms with E-state index in [0.717, 1.165) is 11.3 Å². The molecule has 1 aliphatic heterocycles. The first-order valence-electron chi connectivity index (χ1n) is 8.89. The lowest BCUT2D eigenvalue weighted by Gasteiger charge is -2.16. The SMILES string of the molecule is CC(C)c1cc(Nc2cccc(Cl)c2)ncc1C(=O)NC[C@H]1OCCC1=O. The Bertz CT molecular complexity index is 854. The third-order valence-corrected chi connectivity index (χ3v) is 4.61. The normalized spacial score (nSPS) is 16.6. The van der Waals surface area contributed by atoms with E-state index in [4.69, 9.17) is 16.3 Å². The molecule has 7 heteroatoms. The van der Waals surface area contributed by atoms with E-state index in [1.54, 1.807) is 18.3 Å². The van der Waals surface area contributed by atoms with Crippen molar-refractivity contribution in [2.24, 2.45) is 0 Å². The van der Waals surface area contributed by atoms with Gasteiger partial charge in [0.1, 0.15) is 11.9 Å². The second kappa shape index (κ2) is 8.50. The van der Waals surface area contributed by atoms with Crippen LogP contribution in [0.2, 0.25) is 5.02 Å². The number of benzene rings is 1. The number of rotatable bonds is 6. The molecule has 1 aromatic heterocycles. The minimum Gasteiger partial charge on any atom is -0.368 e. The summed E-state index contributed by atoms with van der Waals surface area (Å²) in [6.07, 6.45) is 1.41. The molecule has 0 saturated carbocycles. The highest BCUT2D eigenvalue weighted by Crippen LogP contribution is 2.25. The molecule has 2 N–H and O–H groups in total. The molecule has 0 aliphatic carbocycles. The van der Waals surface area contributed by atoms with E-state index >= 15 is 0 Å². The van der Waals surface area contributed by atoms with Crippen LogP contribution < -0.4 is 10.6 Å². The molecule has 3 rings (SSSR count). The van der Waals surface area contributed by atoms with Crippen molar-refractivity contribution >= 4 is 34.8 Å². The largest absolute Gasteiger partial charge is 0.368 e. The van der Waals surface area contributed by atoms with E-state index in [1.165, 1.54) is 0 Å². The lowest BCUT2D eigenvalue weighted by molar-refractivity contribution is -0.122. The maximum absolute atomic E-state index is 12.6. The predicted octanol–water partition coefficient (Wildman–Crippen LogP) is 3.69. The molecule has 142 valence electrons. The molecule has 2 aromatic rings. The number of hydrogen-bond acceptors (Lipinski definition) is 5. The van der Waals surface area contributed by atoms with Crippen LogP contribution in [0.15, 0.2) is 36.5 Å². The third kappa shape index (κ3) is 4.84. The van der Waals surface area contributed by atoms with Crippen molar-refractivity contribution in [2.75, 3.05) is 18.5 Å². The Morgan fingerprint density at radius 3 is 2.85 bits per heavy atom. The number of nitrogens with one attached hydrogen (secondary N) is 2. The first kappa shape index (κ1) is 19.3. The molecule has 0 spiro atoms. The van der Waals surface area contributed by atoms with Gasteiger partial charge in [-0.1, -0.05) is 31.5 Å². The van der Waals surface area contributed by atoms with Crippen molar-refractivity contribution in [1.82, 2.24) is 10.3 Å². The number of amides is 1. The van der Waals surface area contributed by atoms with Crippen LogP contribution in [0.1, 0.15) is 42.1 Å². The summed E-state index contributed by atoms with van der Waals surface area (Å²) in [5.41, 5.74) is 2.18. The minimum atomic E-state index is -0.548. The van der Waals surface area contributed by atoms with E-state index in [2.05, 4.69) is 15.6 Å². The Hall–Kier alpha value is -2.44. The van der Waals surface area contributed by atoms with E-state index < -0.39 is 6.10 Å². The minimum absolute atomic E-state index is 0.0265. The Labute approximate surface area is 163 Å². The summed E-state index contributed by atoms with van der Waals surface area (Å²) in [5.74, 6) is 0.521. The number of ketones is 1. The molecule has 1 amide bonds. The molecule has 1 fully saturated rings. The third-order valence-electron chi connectivity index (χ3n) is 4.37. The van der Waals surface area contributed by atoms with Crippen LogP contribution in [0, 0.1) is 0 Å². The topological polar surface area (TPSA) is 80.3 Å². The number of carbonyl (C=O) groups is 2. The standard InChI is InChI=1S/C20H22ClN3O3/c1-12(2)15-9-19(24-14-5-3-4-13(21)8-14)22-10-16(15)20(26)23-11-18-17(25)6-7-27-18/h3-5,8-10,12,18H,6-7,11H2,1-2H3,(H,22,24)(H,23,26)/t18-/m1/s1. The summed E-state index contributed by atoms with van der Waals surface area (Å²) in [7, 11) is 0. The molecule has 27 heavy (non-hydrogen) atoms. The number of halogens is 1. The first-order chi connectivity index (χ1) is 12.9. The number of nitrogens with zero attached hydrogens (tertiary/aromatic N) is 1.